The number of phenolic OH excluding ortho intramolecular Hbond substituents is 2. The van der Waals surface area contributed by atoms with Crippen molar-refractivity contribution >= 4 is 11.6 Å². The Morgan fingerprint density at radius 2 is 1.89 bits per heavy atom. The van der Waals surface area contributed by atoms with Crippen molar-refractivity contribution in [2.45, 2.75) is 25.3 Å². The molecule has 1 aliphatic heterocycles. The molecule has 1 aliphatic rings. The molecule has 27 heavy (non-hydrogen) atoms. The average Bonchev–Trinajstić information content (AvgIpc) is 2.70. The molecule has 0 amide bonds. The molecule has 2 aromatic rings. The Kier molecular flexibility index (Phi) is 6.37. The van der Waals surface area contributed by atoms with Crippen molar-refractivity contribution in [2.75, 3.05) is 26.8 Å². The molecular formula is C22H27NO4. The van der Waals surface area contributed by atoms with Gasteiger partial charge in [0.1, 0.15) is 5.75 Å². The van der Waals surface area contributed by atoms with Crippen LogP contribution in [0.25, 0.3) is 11.6 Å². The van der Waals surface area contributed by atoms with Crippen molar-refractivity contribution in [1.82, 2.24) is 4.90 Å². The Bertz CT molecular complexity index is 785. The molecule has 0 spiro atoms. The highest BCUT2D eigenvalue weighted by Gasteiger charge is 2.22. The zero-order chi connectivity index (χ0) is 19.2. The third kappa shape index (κ3) is 4.81. The van der Waals surface area contributed by atoms with Gasteiger partial charge < -0.3 is 20.1 Å². The van der Waals surface area contributed by atoms with Gasteiger partial charge in [0.15, 0.2) is 11.5 Å². The van der Waals surface area contributed by atoms with Crippen LogP contribution in [0.1, 0.15) is 30.4 Å². The van der Waals surface area contributed by atoms with E-state index in [4.69, 9.17) is 4.74 Å². The summed E-state index contributed by atoms with van der Waals surface area (Å²) in [7, 11) is 1.64. The Hall–Kier alpha value is -2.50. The van der Waals surface area contributed by atoms with Crippen LogP contribution in [-0.4, -0.2) is 53.1 Å². The van der Waals surface area contributed by atoms with Gasteiger partial charge >= 0.3 is 0 Å². The number of hydrogen-bond acceptors (Lipinski definition) is 5. The maximum absolute atomic E-state index is 9.81. The van der Waals surface area contributed by atoms with Crippen molar-refractivity contribution in [3.05, 3.63) is 53.6 Å². The Labute approximate surface area is 160 Å². The van der Waals surface area contributed by atoms with Gasteiger partial charge in [0.05, 0.1) is 13.7 Å². The van der Waals surface area contributed by atoms with Gasteiger partial charge in [-0.3, -0.25) is 4.90 Å². The van der Waals surface area contributed by atoms with Crippen LogP contribution in [0.3, 0.4) is 0 Å². The summed E-state index contributed by atoms with van der Waals surface area (Å²) in [6.45, 7) is 1.83. The minimum atomic E-state index is -0.135. The van der Waals surface area contributed by atoms with Crippen LogP contribution in [0.2, 0.25) is 0 Å². The van der Waals surface area contributed by atoms with Crippen LogP contribution >= 0.6 is 0 Å². The molecule has 1 unspecified atom stereocenters. The largest absolute Gasteiger partial charge is 0.504 e. The van der Waals surface area contributed by atoms with Crippen LogP contribution in [0, 0.1) is 0 Å². The molecule has 3 N–H and O–H groups in total. The van der Waals surface area contributed by atoms with E-state index in [1.807, 2.05) is 30.3 Å². The van der Waals surface area contributed by atoms with E-state index in [0.29, 0.717) is 6.54 Å². The number of benzene rings is 2. The van der Waals surface area contributed by atoms with Gasteiger partial charge in [0, 0.05) is 12.6 Å². The van der Waals surface area contributed by atoms with Crippen LogP contribution in [0.4, 0.5) is 0 Å². The molecule has 0 saturated carbocycles. The van der Waals surface area contributed by atoms with E-state index in [9.17, 15) is 15.3 Å². The minimum Gasteiger partial charge on any atom is -0.504 e. The van der Waals surface area contributed by atoms with Crippen LogP contribution in [0.5, 0.6) is 17.2 Å². The molecule has 3 rings (SSSR count). The molecule has 0 aromatic heterocycles. The first-order chi connectivity index (χ1) is 13.1. The van der Waals surface area contributed by atoms with E-state index in [0.717, 1.165) is 48.3 Å². The van der Waals surface area contributed by atoms with Gasteiger partial charge in [0.2, 0.25) is 0 Å². The first-order valence-corrected chi connectivity index (χ1v) is 9.32. The van der Waals surface area contributed by atoms with Crippen LogP contribution in [-0.2, 0) is 0 Å². The summed E-state index contributed by atoms with van der Waals surface area (Å²) in [5.74, 6) is 0.533. The molecular weight excluding hydrogens is 342 g/mol. The van der Waals surface area contributed by atoms with E-state index in [-0.39, 0.29) is 24.1 Å². The number of nitrogens with zero attached hydrogens (tertiary/aromatic N) is 1. The third-order valence-electron chi connectivity index (χ3n) is 5.13. The average molecular weight is 369 g/mol. The molecule has 0 bridgehead atoms. The summed E-state index contributed by atoms with van der Waals surface area (Å²) >= 11 is 0. The van der Waals surface area contributed by atoms with Crippen LogP contribution < -0.4 is 4.74 Å². The number of aromatic hydroxyl groups is 2. The summed E-state index contributed by atoms with van der Waals surface area (Å²) in [5.41, 5.74) is 2.96. The fourth-order valence-electron chi connectivity index (χ4n) is 3.55. The number of ether oxygens (including phenoxy) is 1. The van der Waals surface area contributed by atoms with E-state index >= 15 is 0 Å². The number of hydrogen-bond donors (Lipinski definition) is 3. The smallest absolute Gasteiger partial charge is 0.157 e. The standard InChI is InChI=1S/C22H27NO4/c1-27-20-8-6-17(7-9-20)18(12-16-5-10-21(25)22(26)13-16)14-23-11-3-2-4-19(23)15-24/h5-10,12-13,19,24-26H,2-4,11,14-15H2,1H3/b18-12+. The van der Waals surface area contributed by atoms with E-state index in [1.165, 1.54) is 6.07 Å². The van der Waals surface area contributed by atoms with Crippen molar-refractivity contribution in [1.29, 1.82) is 0 Å². The van der Waals surface area contributed by atoms with Gasteiger partial charge in [-0.25, -0.2) is 0 Å². The highest BCUT2D eigenvalue weighted by Crippen LogP contribution is 2.29. The molecule has 1 heterocycles. The molecule has 5 heteroatoms. The normalized spacial score (nSPS) is 18.4. The summed E-state index contributed by atoms with van der Waals surface area (Å²) in [6.07, 6.45) is 5.30. The van der Waals surface area contributed by atoms with E-state index in [1.54, 1.807) is 19.2 Å². The van der Waals surface area contributed by atoms with E-state index in [2.05, 4.69) is 4.90 Å². The predicted molar refractivity (Wildman–Crippen MR) is 107 cm³/mol. The van der Waals surface area contributed by atoms with Gasteiger partial charge in [0.25, 0.3) is 0 Å². The Balaban J connectivity index is 1.94. The second kappa shape index (κ2) is 8.93. The molecule has 0 aliphatic carbocycles. The van der Waals surface area contributed by atoms with Crippen molar-refractivity contribution in [2.24, 2.45) is 0 Å². The van der Waals surface area contributed by atoms with Gasteiger partial charge in [-0.1, -0.05) is 24.6 Å². The minimum absolute atomic E-state index is 0.130. The van der Waals surface area contributed by atoms with Gasteiger partial charge in [-0.15, -0.1) is 0 Å². The quantitative estimate of drug-likeness (QED) is 0.537. The van der Waals surface area contributed by atoms with Crippen molar-refractivity contribution in [3.63, 3.8) is 0 Å². The van der Waals surface area contributed by atoms with E-state index < -0.39 is 0 Å². The molecule has 0 radical (unpaired) electrons. The highest BCUT2D eigenvalue weighted by molar-refractivity contribution is 5.83. The fraction of sp³-hybridized carbons (Fsp3) is 0.364. The number of methoxy groups -OCH3 is 1. The number of likely N-dealkylation sites (tertiary alicyclic amines) is 1. The van der Waals surface area contributed by atoms with Crippen molar-refractivity contribution < 1.29 is 20.1 Å². The maximum atomic E-state index is 9.81. The lowest BCUT2D eigenvalue weighted by molar-refractivity contribution is 0.103. The summed E-state index contributed by atoms with van der Waals surface area (Å²) < 4.78 is 5.26. The molecule has 2 aromatic carbocycles. The fourth-order valence-corrected chi connectivity index (χ4v) is 3.55. The first kappa shape index (κ1) is 19.3. The molecule has 1 saturated heterocycles. The summed E-state index contributed by atoms with van der Waals surface area (Å²) in [6, 6.07) is 12.9. The zero-order valence-electron chi connectivity index (χ0n) is 15.6. The lowest BCUT2D eigenvalue weighted by atomic mass is 9.98. The van der Waals surface area contributed by atoms with Crippen LogP contribution in [0.15, 0.2) is 42.5 Å². The third-order valence-corrected chi connectivity index (χ3v) is 5.13. The van der Waals surface area contributed by atoms with Gasteiger partial charge in [-0.2, -0.15) is 0 Å². The van der Waals surface area contributed by atoms with Crippen molar-refractivity contribution in [3.8, 4) is 17.2 Å². The summed E-state index contributed by atoms with van der Waals surface area (Å²) in [5, 5.41) is 29.1. The number of aliphatic hydroxyl groups is 1. The lowest BCUT2D eigenvalue weighted by Crippen LogP contribution is -2.42. The molecule has 1 fully saturated rings. The zero-order valence-corrected chi connectivity index (χ0v) is 15.6. The maximum Gasteiger partial charge on any atom is 0.157 e. The first-order valence-electron chi connectivity index (χ1n) is 9.32. The lowest BCUT2D eigenvalue weighted by Gasteiger charge is -2.35. The number of piperidine rings is 1. The second-order valence-corrected chi connectivity index (χ2v) is 6.95. The second-order valence-electron chi connectivity index (χ2n) is 6.95. The Morgan fingerprint density at radius 3 is 2.56 bits per heavy atom. The number of aliphatic hydroxyl groups excluding tert-OH is 1. The highest BCUT2D eigenvalue weighted by atomic mass is 16.5. The molecule has 5 nitrogen and oxygen atoms in total. The van der Waals surface area contributed by atoms with Gasteiger partial charge in [-0.05, 0) is 66.4 Å². The predicted octanol–water partition coefficient (Wildman–Crippen LogP) is 3.49. The SMILES string of the molecule is COc1ccc(/C(=C/c2ccc(O)c(O)c2)CN2CCCCC2CO)cc1. The molecule has 1 atom stereocenters. The topological polar surface area (TPSA) is 73.2 Å². The summed E-state index contributed by atoms with van der Waals surface area (Å²) in [4.78, 5) is 2.32. The number of phenols is 2. The number of rotatable bonds is 6. The Morgan fingerprint density at radius 1 is 1.11 bits per heavy atom. The monoisotopic (exact) mass is 369 g/mol. The molecule has 144 valence electrons.